The Labute approximate surface area is 149 Å². The van der Waals surface area contributed by atoms with Gasteiger partial charge in [-0.05, 0) is 32.4 Å². The van der Waals surface area contributed by atoms with Gasteiger partial charge in [-0.1, -0.05) is 0 Å². The van der Waals surface area contributed by atoms with E-state index in [1.807, 2.05) is 0 Å². The van der Waals surface area contributed by atoms with E-state index in [0.29, 0.717) is 11.8 Å². The van der Waals surface area contributed by atoms with E-state index in [0.717, 1.165) is 58.3 Å². The molecular weight excluding hydrogens is 320 g/mol. The lowest BCUT2D eigenvalue weighted by Gasteiger charge is -2.32. The van der Waals surface area contributed by atoms with Crippen LogP contribution in [0.1, 0.15) is 26.0 Å². The normalized spacial score (nSPS) is 25.2. The maximum Gasteiger partial charge on any atom is 0.194 e. The minimum Gasteiger partial charge on any atom is -0.466 e. The molecule has 0 saturated carbocycles. The Kier molecular flexibility index (Phi) is 5.98. The lowest BCUT2D eigenvalue weighted by molar-refractivity contribution is 0.0194. The third-order valence-corrected chi connectivity index (χ3v) is 4.95. The average molecular weight is 350 g/mol. The molecule has 2 aliphatic heterocycles. The first-order chi connectivity index (χ1) is 12.1. The summed E-state index contributed by atoms with van der Waals surface area (Å²) < 4.78 is 10.8. The number of likely N-dealkylation sites (tertiary alicyclic amines) is 1. The maximum absolute atomic E-state index is 10.6. The predicted molar refractivity (Wildman–Crippen MR) is 96.6 cm³/mol. The fraction of sp³-hybridized carbons (Fsp3) is 0.722. The zero-order valence-corrected chi connectivity index (χ0v) is 15.3. The lowest BCUT2D eigenvalue weighted by atomic mass is 10.0. The van der Waals surface area contributed by atoms with Crippen molar-refractivity contribution in [3.8, 4) is 0 Å². The largest absolute Gasteiger partial charge is 0.466 e. The molecule has 25 heavy (non-hydrogen) atoms. The summed E-state index contributed by atoms with van der Waals surface area (Å²) in [6.07, 6.45) is 2.71. The number of furan rings is 1. The van der Waals surface area contributed by atoms with Crippen LogP contribution in [0.3, 0.4) is 0 Å². The van der Waals surface area contributed by atoms with E-state index in [4.69, 9.17) is 9.15 Å². The molecule has 0 amide bonds. The standard InChI is InChI=1S/C18H30N4O3/c1-3-19-17(20-14-18(2,23)16-5-4-10-25-16)22-7-6-15(13-22)21-8-11-24-12-9-21/h4-5,10,15,23H,3,6-9,11-14H2,1-2H3,(H,19,20). The minimum absolute atomic E-state index is 0.265. The summed E-state index contributed by atoms with van der Waals surface area (Å²) in [5.41, 5.74) is -1.10. The van der Waals surface area contributed by atoms with Crippen LogP contribution in [-0.2, 0) is 10.3 Å². The van der Waals surface area contributed by atoms with Gasteiger partial charge in [0.15, 0.2) is 5.96 Å². The summed E-state index contributed by atoms with van der Waals surface area (Å²) in [6, 6.07) is 4.12. The fourth-order valence-corrected chi connectivity index (χ4v) is 3.49. The highest BCUT2D eigenvalue weighted by molar-refractivity contribution is 5.80. The van der Waals surface area contributed by atoms with Crippen molar-refractivity contribution in [3.05, 3.63) is 24.2 Å². The number of guanidine groups is 1. The predicted octanol–water partition coefficient (Wildman–Crippen LogP) is 0.859. The number of morpholine rings is 1. The van der Waals surface area contributed by atoms with E-state index >= 15 is 0 Å². The van der Waals surface area contributed by atoms with Crippen molar-refractivity contribution in [3.63, 3.8) is 0 Å². The second-order valence-electron chi connectivity index (χ2n) is 6.96. The number of rotatable bonds is 5. The van der Waals surface area contributed by atoms with Crippen molar-refractivity contribution < 1.29 is 14.3 Å². The van der Waals surface area contributed by atoms with Crippen LogP contribution in [-0.4, -0.2) is 79.4 Å². The van der Waals surface area contributed by atoms with Crippen LogP contribution in [0.4, 0.5) is 0 Å². The summed E-state index contributed by atoms with van der Waals surface area (Å²) in [4.78, 5) is 9.49. The highest BCUT2D eigenvalue weighted by Gasteiger charge is 2.31. The highest BCUT2D eigenvalue weighted by Crippen LogP contribution is 2.22. The monoisotopic (exact) mass is 350 g/mol. The third kappa shape index (κ3) is 4.54. The second-order valence-corrected chi connectivity index (χ2v) is 6.96. The first-order valence-corrected chi connectivity index (χ1v) is 9.21. The number of ether oxygens (including phenoxy) is 1. The summed E-state index contributed by atoms with van der Waals surface area (Å²) >= 11 is 0. The van der Waals surface area contributed by atoms with Crippen LogP contribution in [0, 0.1) is 0 Å². The number of hydrogen-bond donors (Lipinski definition) is 2. The zero-order valence-electron chi connectivity index (χ0n) is 15.3. The number of aliphatic imine (C=N–C) groups is 1. The molecule has 2 aliphatic rings. The SMILES string of the molecule is CCNC(=NCC(C)(O)c1ccco1)N1CCC(N2CCOCC2)C1. The van der Waals surface area contributed by atoms with Gasteiger partial charge < -0.3 is 24.5 Å². The molecule has 140 valence electrons. The van der Waals surface area contributed by atoms with Crippen LogP contribution < -0.4 is 5.32 Å². The van der Waals surface area contributed by atoms with Gasteiger partial charge in [0, 0.05) is 38.8 Å². The Bertz CT molecular complexity index is 553. The van der Waals surface area contributed by atoms with E-state index in [2.05, 4.69) is 27.0 Å². The molecule has 2 atom stereocenters. The third-order valence-electron chi connectivity index (χ3n) is 4.95. The zero-order chi connectivity index (χ0) is 17.7. The first-order valence-electron chi connectivity index (χ1n) is 9.21. The minimum atomic E-state index is -1.10. The van der Waals surface area contributed by atoms with Crippen molar-refractivity contribution in [2.45, 2.75) is 31.9 Å². The molecule has 3 heterocycles. The van der Waals surface area contributed by atoms with Crippen molar-refractivity contribution in [2.75, 3.05) is 52.5 Å². The Morgan fingerprint density at radius 1 is 1.40 bits per heavy atom. The molecule has 7 nitrogen and oxygen atoms in total. The highest BCUT2D eigenvalue weighted by atomic mass is 16.5. The molecule has 1 aromatic heterocycles. The number of nitrogens with zero attached hydrogens (tertiary/aromatic N) is 3. The smallest absolute Gasteiger partial charge is 0.194 e. The Morgan fingerprint density at radius 3 is 2.88 bits per heavy atom. The molecule has 0 bridgehead atoms. The molecule has 0 aromatic carbocycles. The van der Waals surface area contributed by atoms with Crippen LogP contribution in [0.25, 0.3) is 0 Å². The average Bonchev–Trinajstić information content (AvgIpc) is 3.31. The maximum atomic E-state index is 10.6. The fourth-order valence-electron chi connectivity index (χ4n) is 3.49. The molecule has 1 aromatic rings. The van der Waals surface area contributed by atoms with Gasteiger partial charge in [0.2, 0.25) is 0 Å². The summed E-state index contributed by atoms with van der Waals surface area (Å²) in [5, 5.41) is 14.0. The molecule has 2 unspecified atom stereocenters. The molecule has 0 aliphatic carbocycles. The Hall–Kier alpha value is -1.57. The van der Waals surface area contributed by atoms with E-state index < -0.39 is 5.60 Å². The quantitative estimate of drug-likeness (QED) is 0.606. The second kappa shape index (κ2) is 8.21. The van der Waals surface area contributed by atoms with Crippen LogP contribution >= 0.6 is 0 Å². The van der Waals surface area contributed by atoms with Gasteiger partial charge in [0.05, 0.1) is 26.0 Å². The number of aliphatic hydroxyl groups is 1. The van der Waals surface area contributed by atoms with Gasteiger partial charge >= 0.3 is 0 Å². The van der Waals surface area contributed by atoms with Crippen LogP contribution in [0.15, 0.2) is 27.8 Å². The first kappa shape index (κ1) is 18.2. The number of nitrogens with one attached hydrogen (secondary N) is 1. The molecule has 3 rings (SSSR count). The molecule has 7 heteroatoms. The Morgan fingerprint density at radius 2 is 2.20 bits per heavy atom. The molecule has 2 N–H and O–H groups in total. The van der Waals surface area contributed by atoms with Crippen LogP contribution in [0.2, 0.25) is 0 Å². The Balaban J connectivity index is 1.62. The molecule has 2 fully saturated rings. The van der Waals surface area contributed by atoms with E-state index in [-0.39, 0.29) is 6.54 Å². The molecule has 0 spiro atoms. The van der Waals surface area contributed by atoms with Gasteiger partial charge in [-0.2, -0.15) is 0 Å². The van der Waals surface area contributed by atoms with E-state index in [9.17, 15) is 5.11 Å². The van der Waals surface area contributed by atoms with E-state index in [1.54, 1.807) is 25.3 Å². The summed E-state index contributed by atoms with van der Waals surface area (Å²) in [7, 11) is 0. The van der Waals surface area contributed by atoms with Gasteiger partial charge in [0.1, 0.15) is 11.4 Å². The van der Waals surface area contributed by atoms with Crippen molar-refractivity contribution in [1.82, 2.24) is 15.1 Å². The summed E-state index contributed by atoms with van der Waals surface area (Å²) in [5.74, 6) is 1.41. The van der Waals surface area contributed by atoms with Crippen molar-refractivity contribution in [1.29, 1.82) is 0 Å². The summed E-state index contributed by atoms with van der Waals surface area (Å²) in [6.45, 7) is 10.5. The number of hydrogen-bond acceptors (Lipinski definition) is 5. The van der Waals surface area contributed by atoms with Gasteiger partial charge in [-0.3, -0.25) is 4.90 Å². The molecular formula is C18H30N4O3. The van der Waals surface area contributed by atoms with Crippen LogP contribution in [0.5, 0.6) is 0 Å². The van der Waals surface area contributed by atoms with Gasteiger partial charge in [0.25, 0.3) is 0 Å². The molecule has 2 saturated heterocycles. The van der Waals surface area contributed by atoms with Gasteiger partial charge in [-0.25, -0.2) is 4.99 Å². The van der Waals surface area contributed by atoms with Gasteiger partial charge in [-0.15, -0.1) is 0 Å². The lowest BCUT2D eigenvalue weighted by Crippen LogP contribution is -2.47. The van der Waals surface area contributed by atoms with Crippen molar-refractivity contribution >= 4 is 5.96 Å². The molecule has 0 radical (unpaired) electrons. The van der Waals surface area contributed by atoms with E-state index in [1.165, 1.54) is 0 Å². The topological polar surface area (TPSA) is 73.5 Å². The van der Waals surface area contributed by atoms with Crippen molar-refractivity contribution in [2.24, 2.45) is 4.99 Å².